The fourth-order valence-electron chi connectivity index (χ4n) is 3.17. The molecule has 1 aliphatic carbocycles. The van der Waals surface area contributed by atoms with E-state index in [2.05, 4.69) is 37.9 Å². The van der Waals surface area contributed by atoms with Gasteiger partial charge in [-0.2, -0.15) is 0 Å². The molecule has 1 heterocycles. The van der Waals surface area contributed by atoms with Gasteiger partial charge in [-0.3, -0.25) is 4.90 Å². The maximum Gasteiger partial charge on any atom is 0.0309 e. The first kappa shape index (κ1) is 13.4. The van der Waals surface area contributed by atoms with Gasteiger partial charge in [0.25, 0.3) is 0 Å². The molecule has 0 amide bonds. The Bertz CT molecular complexity index is 247. The second-order valence-electron chi connectivity index (χ2n) is 6.79. The van der Waals surface area contributed by atoms with Gasteiger partial charge in [-0.05, 0) is 51.0 Å². The van der Waals surface area contributed by atoms with Crippen molar-refractivity contribution in [2.24, 2.45) is 11.8 Å². The highest BCUT2D eigenvalue weighted by molar-refractivity contribution is 5.03. The molecule has 0 aromatic rings. The Kier molecular flexibility index (Phi) is 4.14. The summed E-state index contributed by atoms with van der Waals surface area (Å²) in [5.74, 6) is 1.77. The lowest BCUT2D eigenvalue weighted by Gasteiger charge is -2.47. The number of nitrogens with one attached hydrogen (secondary N) is 1. The molecule has 2 unspecified atom stereocenters. The van der Waals surface area contributed by atoms with Crippen LogP contribution in [-0.4, -0.2) is 36.1 Å². The van der Waals surface area contributed by atoms with Crippen LogP contribution in [0.2, 0.25) is 0 Å². The average Bonchev–Trinajstić information content (AvgIpc) is 3.10. The predicted molar refractivity (Wildman–Crippen MR) is 74.2 cm³/mol. The summed E-state index contributed by atoms with van der Waals surface area (Å²) in [6.07, 6.45) is 5.51. The lowest BCUT2D eigenvalue weighted by molar-refractivity contribution is 0.0691. The van der Waals surface area contributed by atoms with Crippen LogP contribution in [0.15, 0.2) is 0 Å². The van der Waals surface area contributed by atoms with Crippen molar-refractivity contribution in [3.63, 3.8) is 0 Å². The summed E-state index contributed by atoms with van der Waals surface area (Å²) in [7, 11) is 0. The van der Waals surface area contributed by atoms with Crippen LogP contribution >= 0.6 is 0 Å². The van der Waals surface area contributed by atoms with Crippen molar-refractivity contribution in [3.05, 3.63) is 0 Å². The minimum atomic E-state index is 0.405. The first-order chi connectivity index (χ1) is 8.05. The molecule has 1 saturated carbocycles. The van der Waals surface area contributed by atoms with Gasteiger partial charge in [-0.15, -0.1) is 0 Å². The van der Waals surface area contributed by atoms with Crippen LogP contribution in [0.5, 0.6) is 0 Å². The van der Waals surface area contributed by atoms with E-state index >= 15 is 0 Å². The molecule has 1 N–H and O–H groups in total. The van der Waals surface area contributed by atoms with Crippen molar-refractivity contribution in [2.75, 3.05) is 19.6 Å². The van der Waals surface area contributed by atoms with Gasteiger partial charge in [0, 0.05) is 24.7 Å². The van der Waals surface area contributed by atoms with E-state index in [4.69, 9.17) is 0 Å². The van der Waals surface area contributed by atoms with Crippen LogP contribution in [0, 0.1) is 11.8 Å². The molecule has 2 fully saturated rings. The van der Waals surface area contributed by atoms with Crippen molar-refractivity contribution in [3.8, 4) is 0 Å². The summed E-state index contributed by atoms with van der Waals surface area (Å²) in [5, 5.41) is 3.83. The minimum absolute atomic E-state index is 0.405. The van der Waals surface area contributed by atoms with Gasteiger partial charge < -0.3 is 5.32 Å². The average molecular weight is 238 g/mol. The van der Waals surface area contributed by atoms with Gasteiger partial charge in [-0.25, -0.2) is 0 Å². The van der Waals surface area contributed by atoms with Crippen LogP contribution < -0.4 is 5.32 Å². The minimum Gasteiger partial charge on any atom is -0.308 e. The van der Waals surface area contributed by atoms with Crippen molar-refractivity contribution in [1.82, 2.24) is 10.2 Å². The Morgan fingerprint density at radius 1 is 1.35 bits per heavy atom. The normalized spacial score (nSPS) is 35.5. The second kappa shape index (κ2) is 5.27. The molecule has 1 saturated heterocycles. The molecule has 1 aliphatic heterocycles. The van der Waals surface area contributed by atoms with Gasteiger partial charge in [0.15, 0.2) is 0 Å². The van der Waals surface area contributed by atoms with Crippen molar-refractivity contribution in [2.45, 2.75) is 65.0 Å². The SMILES string of the molecule is CCC1CNC(C)(C2CC2)CN1CCC(C)C. The number of hydrogen-bond acceptors (Lipinski definition) is 2. The summed E-state index contributed by atoms with van der Waals surface area (Å²) in [5.41, 5.74) is 0.405. The highest BCUT2D eigenvalue weighted by atomic mass is 15.3. The fourth-order valence-corrected chi connectivity index (χ4v) is 3.17. The van der Waals surface area contributed by atoms with E-state index in [-0.39, 0.29) is 0 Å². The first-order valence-electron chi connectivity index (χ1n) is 7.54. The van der Waals surface area contributed by atoms with Gasteiger partial charge in [-0.1, -0.05) is 20.8 Å². The summed E-state index contributed by atoms with van der Waals surface area (Å²) in [6.45, 7) is 13.2. The Labute approximate surface area is 107 Å². The standard InChI is InChI=1S/C15H30N2/c1-5-14-10-16-15(4,13-6-7-13)11-17(14)9-8-12(2)3/h12-14,16H,5-11H2,1-4H3. The van der Waals surface area contributed by atoms with E-state index < -0.39 is 0 Å². The summed E-state index contributed by atoms with van der Waals surface area (Å²) in [4.78, 5) is 2.76. The topological polar surface area (TPSA) is 15.3 Å². The van der Waals surface area contributed by atoms with Crippen LogP contribution in [0.1, 0.15) is 53.4 Å². The zero-order valence-corrected chi connectivity index (χ0v) is 12.1. The van der Waals surface area contributed by atoms with Gasteiger partial charge >= 0.3 is 0 Å². The quantitative estimate of drug-likeness (QED) is 0.792. The number of hydrogen-bond donors (Lipinski definition) is 1. The molecule has 0 aromatic heterocycles. The Morgan fingerprint density at radius 2 is 2.06 bits per heavy atom. The van der Waals surface area contributed by atoms with Crippen molar-refractivity contribution >= 4 is 0 Å². The molecule has 2 aliphatic rings. The lowest BCUT2D eigenvalue weighted by Crippen LogP contribution is -2.63. The Morgan fingerprint density at radius 3 is 2.59 bits per heavy atom. The van der Waals surface area contributed by atoms with Crippen LogP contribution in [0.3, 0.4) is 0 Å². The highest BCUT2D eigenvalue weighted by Crippen LogP contribution is 2.41. The molecule has 0 spiro atoms. The third kappa shape index (κ3) is 3.23. The molecule has 0 bridgehead atoms. The molecule has 2 heteroatoms. The van der Waals surface area contributed by atoms with E-state index in [1.807, 2.05) is 0 Å². The maximum atomic E-state index is 3.83. The molecule has 0 radical (unpaired) electrons. The third-order valence-electron chi connectivity index (χ3n) is 4.73. The zero-order chi connectivity index (χ0) is 12.5. The monoisotopic (exact) mass is 238 g/mol. The van der Waals surface area contributed by atoms with Gasteiger partial charge in [0.1, 0.15) is 0 Å². The molecule has 2 atom stereocenters. The largest absolute Gasteiger partial charge is 0.308 e. The third-order valence-corrected chi connectivity index (χ3v) is 4.73. The molecule has 2 nitrogen and oxygen atoms in total. The predicted octanol–water partition coefficient (Wildman–Crippen LogP) is 2.89. The summed E-state index contributed by atoms with van der Waals surface area (Å²) in [6, 6.07) is 0.764. The van der Waals surface area contributed by atoms with Crippen LogP contribution in [0.25, 0.3) is 0 Å². The van der Waals surface area contributed by atoms with E-state index in [1.165, 1.54) is 45.3 Å². The Hall–Kier alpha value is -0.0800. The molecular weight excluding hydrogens is 208 g/mol. The van der Waals surface area contributed by atoms with E-state index in [1.54, 1.807) is 0 Å². The molecule has 2 rings (SSSR count). The molecule has 100 valence electrons. The smallest absolute Gasteiger partial charge is 0.0309 e. The summed E-state index contributed by atoms with van der Waals surface area (Å²) < 4.78 is 0. The lowest BCUT2D eigenvalue weighted by atomic mass is 9.90. The number of nitrogens with zero attached hydrogens (tertiary/aromatic N) is 1. The maximum absolute atomic E-state index is 3.83. The molecule has 17 heavy (non-hydrogen) atoms. The van der Waals surface area contributed by atoms with Crippen LogP contribution in [0.4, 0.5) is 0 Å². The van der Waals surface area contributed by atoms with Gasteiger partial charge in [0.05, 0.1) is 0 Å². The van der Waals surface area contributed by atoms with Crippen molar-refractivity contribution in [1.29, 1.82) is 0 Å². The molecular formula is C15H30N2. The zero-order valence-electron chi connectivity index (χ0n) is 12.1. The number of piperazine rings is 1. The van der Waals surface area contributed by atoms with Gasteiger partial charge in [0.2, 0.25) is 0 Å². The first-order valence-corrected chi connectivity index (χ1v) is 7.54. The van der Waals surface area contributed by atoms with Crippen molar-refractivity contribution < 1.29 is 0 Å². The Balaban J connectivity index is 1.93. The van der Waals surface area contributed by atoms with Crippen LogP contribution in [-0.2, 0) is 0 Å². The molecule has 0 aromatic carbocycles. The van der Waals surface area contributed by atoms with E-state index in [0.717, 1.165) is 17.9 Å². The van der Waals surface area contributed by atoms with E-state index in [0.29, 0.717) is 5.54 Å². The fraction of sp³-hybridized carbons (Fsp3) is 1.00. The second-order valence-corrected chi connectivity index (χ2v) is 6.79. The van der Waals surface area contributed by atoms with E-state index in [9.17, 15) is 0 Å². The summed E-state index contributed by atoms with van der Waals surface area (Å²) >= 11 is 0. The number of rotatable bonds is 5. The highest BCUT2D eigenvalue weighted by Gasteiger charge is 2.45.